The van der Waals surface area contributed by atoms with E-state index in [2.05, 4.69) is 0 Å². The van der Waals surface area contributed by atoms with E-state index in [9.17, 15) is 14.7 Å². The van der Waals surface area contributed by atoms with E-state index in [0.29, 0.717) is 22.3 Å². The molecule has 0 aliphatic carbocycles. The van der Waals surface area contributed by atoms with E-state index in [1.54, 1.807) is 48.5 Å². The summed E-state index contributed by atoms with van der Waals surface area (Å²) in [5.74, 6) is 0.401. The summed E-state index contributed by atoms with van der Waals surface area (Å²) in [4.78, 5) is 28.2. The fourth-order valence-corrected chi connectivity index (χ4v) is 3.91. The zero-order chi connectivity index (χ0) is 20.8. The second-order valence-electron chi connectivity index (χ2n) is 7.02. The number of carbonyl (C=O) groups excluding carboxylic acids is 1. The fourth-order valence-electron chi connectivity index (χ4n) is 3.91. The van der Waals surface area contributed by atoms with Crippen molar-refractivity contribution in [3.05, 3.63) is 93.7 Å². The van der Waals surface area contributed by atoms with E-state index in [-0.39, 0.29) is 34.8 Å². The van der Waals surface area contributed by atoms with Crippen LogP contribution < -0.4 is 10.2 Å². The molecule has 2 aromatic heterocycles. The van der Waals surface area contributed by atoms with Gasteiger partial charge in [0.15, 0.2) is 16.9 Å². The van der Waals surface area contributed by atoms with Gasteiger partial charge in [-0.3, -0.25) is 9.59 Å². The third kappa shape index (κ3) is 2.67. The van der Waals surface area contributed by atoms with Crippen molar-refractivity contribution in [3.8, 4) is 11.5 Å². The highest BCUT2D eigenvalue weighted by atomic mass is 16.5. The molecule has 1 amide bonds. The molecular weight excluding hydrogens is 386 g/mol. The molecule has 3 heterocycles. The van der Waals surface area contributed by atoms with Crippen LogP contribution in [-0.2, 0) is 6.54 Å². The van der Waals surface area contributed by atoms with E-state index in [4.69, 9.17) is 13.6 Å². The Bertz CT molecular complexity index is 1320. The topological polar surface area (TPSA) is 93.1 Å². The molecule has 0 unspecified atom stereocenters. The standard InChI is InChI=1S/C23H17NO6/c1-28-18-11-13(8-9-16(18)25)20-19-21(26)15-6-2-3-7-17(15)30-22(19)23(27)24(20)12-14-5-4-10-29-14/h2-11,20,25H,12H2,1H3/t20-/m0/s1. The number of para-hydroxylation sites is 1. The molecule has 7 nitrogen and oxygen atoms in total. The van der Waals surface area contributed by atoms with Gasteiger partial charge in [-0.2, -0.15) is 0 Å². The number of phenols is 1. The maximum Gasteiger partial charge on any atom is 0.291 e. The number of furan rings is 1. The maximum atomic E-state index is 13.4. The number of aromatic hydroxyl groups is 1. The third-order valence-corrected chi connectivity index (χ3v) is 5.30. The summed E-state index contributed by atoms with van der Waals surface area (Å²) < 4.78 is 16.5. The second kappa shape index (κ2) is 6.81. The molecule has 7 heteroatoms. The lowest BCUT2D eigenvalue weighted by Crippen LogP contribution is -2.29. The minimum atomic E-state index is -0.715. The Hall–Kier alpha value is -4.00. The summed E-state index contributed by atoms with van der Waals surface area (Å²) in [6, 6.07) is 14.4. The first-order chi connectivity index (χ1) is 14.6. The van der Waals surface area contributed by atoms with Crippen molar-refractivity contribution in [2.45, 2.75) is 12.6 Å². The van der Waals surface area contributed by atoms with Crippen LogP contribution >= 0.6 is 0 Å². The minimum Gasteiger partial charge on any atom is -0.504 e. The molecule has 0 spiro atoms. The zero-order valence-corrected chi connectivity index (χ0v) is 16.0. The Morgan fingerprint density at radius 2 is 1.93 bits per heavy atom. The molecule has 1 N–H and O–H groups in total. The molecule has 0 fully saturated rings. The predicted octanol–water partition coefficient (Wildman–Crippen LogP) is 3.85. The molecule has 4 aromatic rings. The molecule has 1 atom stereocenters. The number of nitrogens with zero attached hydrogens (tertiary/aromatic N) is 1. The molecule has 150 valence electrons. The molecule has 1 aliphatic rings. The van der Waals surface area contributed by atoms with Crippen LogP contribution in [0.15, 0.2) is 74.5 Å². The molecule has 0 bridgehead atoms. The quantitative estimate of drug-likeness (QED) is 0.556. The minimum absolute atomic E-state index is 0.0160. The second-order valence-corrected chi connectivity index (χ2v) is 7.02. The lowest BCUT2D eigenvalue weighted by atomic mass is 9.98. The first-order valence-corrected chi connectivity index (χ1v) is 9.34. The molecule has 2 aromatic carbocycles. The predicted molar refractivity (Wildman–Crippen MR) is 108 cm³/mol. The Kier molecular flexibility index (Phi) is 4.10. The van der Waals surface area contributed by atoms with E-state index in [0.717, 1.165) is 0 Å². The smallest absolute Gasteiger partial charge is 0.291 e. The van der Waals surface area contributed by atoms with Crippen LogP contribution in [0, 0.1) is 0 Å². The largest absolute Gasteiger partial charge is 0.504 e. The number of ether oxygens (including phenoxy) is 1. The van der Waals surface area contributed by atoms with Gasteiger partial charge < -0.3 is 23.6 Å². The summed E-state index contributed by atoms with van der Waals surface area (Å²) in [7, 11) is 1.44. The van der Waals surface area contributed by atoms with Crippen LogP contribution in [0.3, 0.4) is 0 Å². The highest BCUT2D eigenvalue weighted by Gasteiger charge is 2.43. The van der Waals surface area contributed by atoms with Gasteiger partial charge >= 0.3 is 0 Å². The van der Waals surface area contributed by atoms with E-state index in [1.807, 2.05) is 0 Å². The number of benzene rings is 2. The van der Waals surface area contributed by atoms with Crippen molar-refractivity contribution in [2.75, 3.05) is 7.11 Å². The molecule has 5 rings (SSSR count). The van der Waals surface area contributed by atoms with Gasteiger partial charge in [0.1, 0.15) is 11.3 Å². The molecular formula is C23H17NO6. The van der Waals surface area contributed by atoms with Gasteiger partial charge in [-0.15, -0.1) is 0 Å². The molecule has 1 aliphatic heterocycles. The Morgan fingerprint density at radius 1 is 1.10 bits per heavy atom. The van der Waals surface area contributed by atoms with E-state index in [1.165, 1.54) is 24.3 Å². The Labute approximate surface area is 170 Å². The van der Waals surface area contributed by atoms with Crippen molar-refractivity contribution in [2.24, 2.45) is 0 Å². The number of carbonyl (C=O) groups is 1. The molecule has 30 heavy (non-hydrogen) atoms. The number of hydrogen-bond acceptors (Lipinski definition) is 6. The monoisotopic (exact) mass is 403 g/mol. The van der Waals surface area contributed by atoms with Crippen LogP contribution in [0.4, 0.5) is 0 Å². The first kappa shape index (κ1) is 18.1. The van der Waals surface area contributed by atoms with E-state index < -0.39 is 11.9 Å². The van der Waals surface area contributed by atoms with Gasteiger partial charge in [0.25, 0.3) is 5.91 Å². The van der Waals surface area contributed by atoms with Crippen molar-refractivity contribution in [3.63, 3.8) is 0 Å². The molecule has 0 saturated heterocycles. The molecule has 0 radical (unpaired) electrons. The maximum absolute atomic E-state index is 13.4. The highest BCUT2D eigenvalue weighted by Crippen LogP contribution is 2.41. The lowest BCUT2D eigenvalue weighted by Gasteiger charge is -2.24. The highest BCUT2D eigenvalue weighted by molar-refractivity contribution is 5.99. The number of phenolic OH excluding ortho intramolecular Hbond substituents is 1. The Morgan fingerprint density at radius 3 is 2.70 bits per heavy atom. The van der Waals surface area contributed by atoms with Gasteiger partial charge in [0.2, 0.25) is 5.76 Å². The van der Waals surface area contributed by atoms with Gasteiger partial charge in [-0.25, -0.2) is 0 Å². The van der Waals surface area contributed by atoms with Crippen molar-refractivity contribution in [1.29, 1.82) is 0 Å². The average molecular weight is 403 g/mol. The third-order valence-electron chi connectivity index (χ3n) is 5.30. The van der Waals surface area contributed by atoms with Crippen LogP contribution in [0.2, 0.25) is 0 Å². The zero-order valence-electron chi connectivity index (χ0n) is 16.0. The number of methoxy groups -OCH3 is 1. The van der Waals surface area contributed by atoms with Gasteiger partial charge in [-0.1, -0.05) is 18.2 Å². The average Bonchev–Trinajstić information content (AvgIpc) is 3.37. The van der Waals surface area contributed by atoms with Crippen LogP contribution in [0.5, 0.6) is 11.5 Å². The Balaban J connectivity index is 1.75. The number of amides is 1. The summed E-state index contributed by atoms with van der Waals surface area (Å²) in [6.45, 7) is 0.152. The van der Waals surface area contributed by atoms with Crippen LogP contribution in [0.25, 0.3) is 11.0 Å². The van der Waals surface area contributed by atoms with Crippen LogP contribution in [-0.4, -0.2) is 23.0 Å². The SMILES string of the molecule is COc1cc([C@H]2c3c(oc4ccccc4c3=O)C(=O)N2Cc2ccco2)ccc1O. The van der Waals surface area contributed by atoms with Crippen LogP contribution in [0.1, 0.15) is 33.5 Å². The summed E-state index contributed by atoms with van der Waals surface area (Å²) in [6.07, 6.45) is 1.53. The fraction of sp³-hybridized carbons (Fsp3) is 0.130. The normalized spacial score (nSPS) is 15.6. The summed E-state index contributed by atoms with van der Waals surface area (Å²) in [5, 5.41) is 10.4. The first-order valence-electron chi connectivity index (χ1n) is 9.34. The van der Waals surface area contributed by atoms with Gasteiger partial charge in [-0.05, 0) is 42.0 Å². The van der Waals surface area contributed by atoms with Gasteiger partial charge in [0.05, 0.1) is 36.9 Å². The summed E-state index contributed by atoms with van der Waals surface area (Å²) >= 11 is 0. The van der Waals surface area contributed by atoms with Crippen molar-refractivity contribution in [1.82, 2.24) is 4.90 Å². The number of hydrogen-bond donors (Lipinski definition) is 1. The van der Waals surface area contributed by atoms with Gasteiger partial charge in [0, 0.05) is 0 Å². The van der Waals surface area contributed by atoms with Crippen molar-refractivity contribution < 1.29 is 23.5 Å². The van der Waals surface area contributed by atoms with E-state index >= 15 is 0 Å². The molecule has 0 saturated carbocycles. The summed E-state index contributed by atoms with van der Waals surface area (Å²) in [5.41, 5.74) is 0.972. The number of rotatable bonds is 4. The lowest BCUT2D eigenvalue weighted by molar-refractivity contribution is 0.0701. The number of fused-ring (bicyclic) bond motifs is 2. The van der Waals surface area contributed by atoms with Crippen molar-refractivity contribution >= 4 is 16.9 Å².